The van der Waals surface area contributed by atoms with Gasteiger partial charge in [0.15, 0.2) is 0 Å². The van der Waals surface area contributed by atoms with Crippen molar-refractivity contribution in [2.45, 2.75) is 6.54 Å². The van der Waals surface area contributed by atoms with Gasteiger partial charge in [-0.1, -0.05) is 0 Å². The molecule has 17 heavy (non-hydrogen) atoms. The van der Waals surface area contributed by atoms with Crippen LogP contribution < -0.4 is 0 Å². The third-order valence-corrected chi connectivity index (χ3v) is 2.08. The Kier molecular flexibility index (Phi) is 3.80. The van der Waals surface area contributed by atoms with Crippen molar-refractivity contribution >= 4 is 11.8 Å². The number of benzene rings is 1. The molecule has 5 nitrogen and oxygen atoms in total. The van der Waals surface area contributed by atoms with Crippen LogP contribution in [0.25, 0.3) is 0 Å². The van der Waals surface area contributed by atoms with Gasteiger partial charge in [0.2, 0.25) is 0 Å². The number of aliphatic carboxylic acids is 1. The lowest BCUT2D eigenvalue weighted by Gasteiger charge is -2.13. The summed E-state index contributed by atoms with van der Waals surface area (Å²) in [6.07, 6.45) is 0. The lowest BCUT2D eigenvalue weighted by atomic mass is 10.0. The lowest BCUT2D eigenvalue weighted by Crippen LogP contribution is -2.16. The second-order valence-electron chi connectivity index (χ2n) is 3.83. The highest BCUT2D eigenvalue weighted by Gasteiger charge is 2.22. The number of nitrogens with zero attached hydrogens (tertiary/aromatic N) is 1. The molecule has 0 aliphatic rings. The predicted octanol–water partition coefficient (Wildman–Crippen LogP) is 0.860. The largest absolute Gasteiger partial charge is 0.507 e. The van der Waals surface area contributed by atoms with Crippen molar-refractivity contribution < 1.29 is 24.2 Å². The normalized spacial score (nSPS) is 10.6. The van der Waals surface area contributed by atoms with Crippen molar-refractivity contribution in [1.82, 2.24) is 4.90 Å². The molecule has 0 atom stereocenters. The predicted molar refractivity (Wildman–Crippen MR) is 57.4 cm³/mol. The van der Waals surface area contributed by atoms with Gasteiger partial charge in [-0.05, 0) is 26.2 Å². The van der Waals surface area contributed by atoms with Gasteiger partial charge in [-0.2, -0.15) is 0 Å². The van der Waals surface area contributed by atoms with E-state index in [0.717, 1.165) is 6.07 Å². The first kappa shape index (κ1) is 13.1. The molecule has 0 saturated carbocycles. The number of carboxylic acids is 1. The number of hydrogen-bond acceptors (Lipinski definition) is 4. The number of carbonyl (C=O) groups excluding carboxylic acids is 1. The van der Waals surface area contributed by atoms with Crippen molar-refractivity contribution in [1.29, 1.82) is 0 Å². The molecule has 0 saturated heterocycles. The van der Waals surface area contributed by atoms with Gasteiger partial charge in [0, 0.05) is 12.1 Å². The summed E-state index contributed by atoms with van der Waals surface area (Å²) in [4.78, 5) is 23.4. The number of hydrogen-bond donors (Lipinski definition) is 2. The molecule has 1 aromatic rings. The Balaban J connectivity index is 3.28. The topological polar surface area (TPSA) is 77.8 Å². The fourth-order valence-corrected chi connectivity index (χ4v) is 1.41. The summed E-state index contributed by atoms with van der Waals surface area (Å²) in [5.74, 6) is -4.32. The van der Waals surface area contributed by atoms with Crippen LogP contribution in [-0.4, -0.2) is 41.0 Å². The Hall–Kier alpha value is -1.95. The van der Waals surface area contributed by atoms with Crippen molar-refractivity contribution in [3.63, 3.8) is 0 Å². The molecule has 1 rings (SSSR count). The molecular weight excluding hydrogens is 229 g/mol. The number of carbonyl (C=O) groups is 2. The van der Waals surface area contributed by atoms with Crippen molar-refractivity contribution in [2.75, 3.05) is 14.1 Å². The Bertz CT molecular complexity index is 471. The van der Waals surface area contributed by atoms with Crippen molar-refractivity contribution in [2.24, 2.45) is 0 Å². The summed E-state index contributed by atoms with van der Waals surface area (Å²) >= 11 is 0. The van der Waals surface area contributed by atoms with E-state index in [2.05, 4.69) is 0 Å². The zero-order chi connectivity index (χ0) is 13.2. The second-order valence-corrected chi connectivity index (χ2v) is 3.83. The monoisotopic (exact) mass is 241 g/mol. The maximum Gasteiger partial charge on any atom is 0.377 e. The van der Waals surface area contributed by atoms with Crippen molar-refractivity contribution in [3.8, 4) is 5.75 Å². The van der Waals surface area contributed by atoms with Crippen LogP contribution in [0.3, 0.4) is 0 Å². The quantitative estimate of drug-likeness (QED) is 0.604. The second kappa shape index (κ2) is 4.92. The van der Waals surface area contributed by atoms with E-state index in [9.17, 15) is 19.1 Å². The average molecular weight is 241 g/mol. The van der Waals surface area contributed by atoms with Crippen molar-refractivity contribution in [3.05, 3.63) is 29.1 Å². The smallest absolute Gasteiger partial charge is 0.377 e. The summed E-state index contributed by atoms with van der Waals surface area (Å²) < 4.78 is 13.2. The average Bonchev–Trinajstić information content (AvgIpc) is 2.21. The summed E-state index contributed by atoms with van der Waals surface area (Å²) in [7, 11) is 3.39. The van der Waals surface area contributed by atoms with Gasteiger partial charge in [-0.15, -0.1) is 0 Å². The van der Waals surface area contributed by atoms with E-state index in [0.29, 0.717) is 6.07 Å². The van der Waals surface area contributed by atoms with Gasteiger partial charge < -0.3 is 15.1 Å². The molecule has 1 aromatic carbocycles. The molecule has 0 aliphatic heterocycles. The number of phenols is 1. The lowest BCUT2D eigenvalue weighted by molar-refractivity contribution is -0.131. The highest BCUT2D eigenvalue weighted by molar-refractivity contribution is 6.40. The third-order valence-electron chi connectivity index (χ3n) is 2.08. The summed E-state index contributed by atoms with van der Waals surface area (Å²) in [5.41, 5.74) is -0.367. The minimum atomic E-state index is -1.73. The zero-order valence-electron chi connectivity index (χ0n) is 9.40. The summed E-state index contributed by atoms with van der Waals surface area (Å²) in [5, 5.41) is 18.2. The molecule has 0 fully saturated rings. The Morgan fingerprint density at radius 3 is 2.41 bits per heavy atom. The Morgan fingerprint density at radius 1 is 1.35 bits per heavy atom. The molecule has 0 aliphatic carbocycles. The van der Waals surface area contributed by atoms with Crippen LogP contribution in [0, 0.1) is 5.82 Å². The zero-order valence-corrected chi connectivity index (χ0v) is 9.40. The third kappa shape index (κ3) is 3.01. The van der Waals surface area contributed by atoms with E-state index in [1.54, 1.807) is 19.0 Å². The van der Waals surface area contributed by atoms with Crippen LogP contribution in [0.15, 0.2) is 12.1 Å². The number of Topliss-reactive ketones (excluding diaryl/α,β-unsaturated/α-hetero) is 1. The molecule has 0 unspecified atom stereocenters. The SMILES string of the molecule is CN(C)Cc1cc(F)cc(C(=O)C(=O)O)c1O. The first-order valence-electron chi connectivity index (χ1n) is 4.76. The highest BCUT2D eigenvalue weighted by Crippen LogP contribution is 2.25. The fourth-order valence-electron chi connectivity index (χ4n) is 1.41. The number of carboxylic acid groups (broad SMARTS) is 1. The van der Waals surface area contributed by atoms with Crippen LogP contribution >= 0.6 is 0 Å². The molecule has 0 amide bonds. The maximum atomic E-state index is 13.2. The molecular formula is C11H12FNO4. The van der Waals surface area contributed by atoms with Gasteiger partial charge >= 0.3 is 5.97 Å². The molecule has 0 radical (unpaired) electrons. The van der Waals surface area contributed by atoms with E-state index in [4.69, 9.17) is 5.11 Å². The van der Waals surface area contributed by atoms with Gasteiger partial charge in [-0.25, -0.2) is 9.18 Å². The van der Waals surface area contributed by atoms with Gasteiger partial charge in [0.1, 0.15) is 11.6 Å². The van der Waals surface area contributed by atoms with Gasteiger partial charge in [-0.3, -0.25) is 4.79 Å². The van der Waals surface area contributed by atoms with Crippen LogP contribution in [0.2, 0.25) is 0 Å². The fraction of sp³-hybridized carbons (Fsp3) is 0.273. The number of phenolic OH excluding ortho intramolecular Hbond substituents is 1. The molecule has 0 spiro atoms. The Morgan fingerprint density at radius 2 is 1.94 bits per heavy atom. The minimum absolute atomic E-state index is 0.166. The van der Waals surface area contributed by atoms with Crippen LogP contribution in [0.5, 0.6) is 5.75 Å². The summed E-state index contributed by atoms with van der Waals surface area (Å²) in [6.45, 7) is 0.198. The minimum Gasteiger partial charge on any atom is -0.507 e. The standard InChI is InChI=1S/C11H12FNO4/c1-13(2)5-6-3-7(12)4-8(9(6)14)10(15)11(16)17/h3-4,14H,5H2,1-2H3,(H,16,17). The molecule has 92 valence electrons. The van der Waals surface area contributed by atoms with Gasteiger partial charge in [0.25, 0.3) is 5.78 Å². The molecule has 0 bridgehead atoms. The molecule has 2 N–H and O–H groups in total. The van der Waals surface area contributed by atoms with E-state index >= 15 is 0 Å². The highest BCUT2D eigenvalue weighted by atomic mass is 19.1. The van der Waals surface area contributed by atoms with Crippen LogP contribution in [-0.2, 0) is 11.3 Å². The molecule has 6 heteroatoms. The van der Waals surface area contributed by atoms with E-state index in [1.165, 1.54) is 0 Å². The first-order valence-corrected chi connectivity index (χ1v) is 4.76. The van der Waals surface area contributed by atoms with Gasteiger partial charge in [0.05, 0.1) is 5.56 Å². The number of halogens is 1. The van der Waals surface area contributed by atoms with E-state index < -0.39 is 28.9 Å². The maximum absolute atomic E-state index is 13.2. The number of ketones is 1. The van der Waals surface area contributed by atoms with Crippen LogP contribution in [0.1, 0.15) is 15.9 Å². The van der Waals surface area contributed by atoms with Crippen LogP contribution in [0.4, 0.5) is 4.39 Å². The number of aromatic hydroxyl groups is 1. The van der Waals surface area contributed by atoms with E-state index in [-0.39, 0.29) is 12.1 Å². The number of rotatable bonds is 4. The summed E-state index contributed by atoms with van der Waals surface area (Å²) in [6, 6.07) is 1.78. The molecule has 0 heterocycles. The molecule has 0 aromatic heterocycles. The first-order chi connectivity index (χ1) is 7.82. The Labute approximate surface area is 97.1 Å². The van der Waals surface area contributed by atoms with E-state index in [1.807, 2.05) is 0 Å².